The molecule has 0 aromatic heterocycles. The number of carbonyl (C=O) groups excluding carboxylic acids is 2. The van der Waals surface area contributed by atoms with Crippen LogP contribution < -0.4 is 4.74 Å². The van der Waals surface area contributed by atoms with E-state index in [1.54, 1.807) is 7.11 Å². The minimum absolute atomic E-state index is 0.0746. The third-order valence-corrected chi connectivity index (χ3v) is 7.05. The highest BCUT2D eigenvalue weighted by atomic mass is 16.5. The number of carbonyl (C=O) groups is 2. The summed E-state index contributed by atoms with van der Waals surface area (Å²) in [7, 11) is 1.63. The smallest absolute Gasteiger partial charge is 0.225 e. The Balaban J connectivity index is 1.55. The number of aliphatic hydroxyl groups is 1. The minimum Gasteiger partial charge on any atom is -0.497 e. The molecule has 4 rings (SSSR count). The van der Waals surface area contributed by atoms with Crippen molar-refractivity contribution in [1.29, 1.82) is 0 Å². The maximum absolute atomic E-state index is 13.1. The zero-order valence-corrected chi connectivity index (χ0v) is 17.3. The Hall–Kier alpha value is -1.92. The summed E-state index contributed by atoms with van der Waals surface area (Å²) in [6.07, 6.45) is 5.34. The van der Waals surface area contributed by atoms with E-state index in [2.05, 4.69) is 4.90 Å². The Labute approximate surface area is 172 Å². The molecule has 1 N–H and O–H groups in total. The van der Waals surface area contributed by atoms with Gasteiger partial charge in [0.15, 0.2) is 0 Å². The Kier molecular flexibility index (Phi) is 5.93. The van der Waals surface area contributed by atoms with Gasteiger partial charge in [-0.3, -0.25) is 9.59 Å². The van der Waals surface area contributed by atoms with Crippen molar-refractivity contribution in [2.75, 3.05) is 39.8 Å². The van der Waals surface area contributed by atoms with Crippen molar-refractivity contribution < 1.29 is 19.4 Å². The van der Waals surface area contributed by atoms with E-state index >= 15 is 0 Å². The summed E-state index contributed by atoms with van der Waals surface area (Å²) in [5.41, 5.74) is -0.250. The van der Waals surface area contributed by atoms with Gasteiger partial charge in [0.1, 0.15) is 17.1 Å². The Bertz CT molecular complexity index is 734. The molecule has 158 valence electrons. The lowest BCUT2D eigenvalue weighted by molar-refractivity contribution is -0.135. The number of hydrogen-bond acceptors (Lipinski definition) is 5. The van der Waals surface area contributed by atoms with Crippen LogP contribution in [0.3, 0.4) is 0 Å². The second-order valence-corrected chi connectivity index (χ2v) is 8.89. The lowest BCUT2D eigenvalue weighted by Gasteiger charge is -2.34. The van der Waals surface area contributed by atoms with E-state index in [0.717, 1.165) is 50.1 Å². The molecule has 1 aromatic carbocycles. The fourth-order valence-corrected chi connectivity index (χ4v) is 5.21. The van der Waals surface area contributed by atoms with Gasteiger partial charge in [-0.2, -0.15) is 0 Å². The molecule has 1 aromatic rings. The van der Waals surface area contributed by atoms with Crippen LogP contribution in [0.5, 0.6) is 5.75 Å². The number of ketones is 1. The number of rotatable bonds is 5. The summed E-state index contributed by atoms with van der Waals surface area (Å²) < 4.78 is 5.26. The zero-order chi connectivity index (χ0) is 20.4. The lowest BCUT2D eigenvalue weighted by atomic mass is 9.83. The molecule has 3 fully saturated rings. The molecule has 29 heavy (non-hydrogen) atoms. The fraction of sp³-hybridized carbons (Fsp3) is 0.652. The number of hydrogen-bond donors (Lipinski definition) is 1. The maximum Gasteiger partial charge on any atom is 0.225 e. The van der Waals surface area contributed by atoms with Gasteiger partial charge in [-0.15, -0.1) is 0 Å². The predicted molar refractivity (Wildman–Crippen MR) is 110 cm³/mol. The second-order valence-electron chi connectivity index (χ2n) is 8.89. The second kappa shape index (κ2) is 8.44. The van der Waals surface area contributed by atoms with Gasteiger partial charge < -0.3 is 19.6 Å². The molecular formula is C23H32N2O4. The third kappa shape index (κ3) is 4.19. The topological polar surface area (TPSA) is 70.1 Å². The van der Waals surface area contributed by atoms with Gasteiger partial charge in [0, 0.05) is 50.9 Å². The molecular weight excluding hydrogens is 368 g/mol. The molecule has 3 aliphatic rings. The molecule has 1 aliphatic carbocycles. The standard InChI is InChI=1S/C23H32N2O4/c1-29-21-8-6-18(7-9-21)23(28)16-25(22(27)17-4-2-3-5-17)15-19(23)14-24-12-10-20(26)11-13-24/h6-9,17,19,28H,2-5,10-16H2,1H3/t19-,23-/m0/s1. The van der Waals surface area contributed by atoms with Crippen molar-refractivity contribution in [1.82, 2.24) is 9.80 Å². The number of ether oxygens (including phenoxy) is 1. The van der Waals surface area contributed by atoms with Crippen molar-refractivity contribution in [3.63, 3.8) is 0 Å². The van der Waals surface area contributed by atoms with Crippen LogP contribution >= 0.6 is 0 Å². The molecule has 2 saturated heterocycles. The van der Waals surface area contributed by atoms with Gasteiger partial charge in [-0.25, -0.2) is 0 Å². The van der Waals surface area contributed by atoms with Crippen molar-refractivity contribution >= 4 is 11.7 Å². The highest BCUT2D eigenvalue weighted by molar-refractivity contribution is 5.80. The average Bonchev–Trinajstić information content (AvgIpc) is 3.39. The maximum atomic E-state index is 13.1. The highest BCUT2D eigenvalue weighted by Crippen LogP contribution is 2.40. The number of amides is 1. The number of piperidine rings is 1. The Morgan fingerprint density at radius 3 is 2.45 bits per heavy atom. The van der Waals surface area contributed by atoms with Gasteiger partial charge >= 0.3 is 0 Å². The first-order valence-corrected chi connectivity index (χ1v) is 10.9. The number of benzene rings is 1. The molecule has 1 saturated carbocycles. The van der Waals surface area contributed by atoms with Crippen LogP contribution in [0, 0.1) is 11.8 Å². The van der Waals surface area contributed by atoms with Crippen molar-refractivity contribution in [2.45, 2.75) is 44.1 Å². The molecule has 0 radical (unpaired) electrons. The van der Waals surface area contributed by atoms with Crippen LogP contribution in [0.1, 0.15) is 44.1 Å². The average molecular weight is 401 g/mol. The van der Waals surface area contributed by atoms with E-state index in [-0.39, 0.29) is 17.7 Å². The normalized spacial score (nSPS) is 28.8. The summed E-state index contributed by atoms with van der Waals surface area (Å²) in [5.74, 6) is 1.30. The molecule has 0 unspecified atom stereocenters. The first kappa shape index (κ1) is 20.4. The molecule has 2 aliphatic heterocycles. The van der Waals surface area contributed by atoms with Crippen molar-refractivity contribution in [3.05, 3.63) is 29.8 Å². The summed E-state index contributed by atoms with van der Waals surface area (Å²) >= 11 is 0. The van der Waals surface area contributed by atoms with Gasteiger partial charge in [0.25, 0.3) is 0 Å². The van der Waals surface area contributed by atoms with Crippen molar-refractivity contribution in [3.8, 4) is 5.75 Å². The molecule has 6 heteroatoms. The first-order chi connectivity index (χ1) is 14.0. The van der Waals surface area contributed by atoms with Crippen molar-refractivity contribution in [2.24, 2.45) is 11.8 Å². The summed E-state index contributed by atoms with van der Waals surface area (Å²) in [6, 6.07) is 7.56. The van der Waals surface area contributed by atoms with Gasteiger partial charge in [0.05, 0.1) is 13.7 Å². The van der Waals surface area contributed by atoms with E-state index in [4.69, 9.17) is 4.74 Å². The lowest BCUT2D eigenvalue weighted by Crippen LogP contribution is -2.44. The number of β-amino-alcohol motifs (C(OH)–C–C–N with tert-alkyl or cyclic N) is 1. The van der Waals surface area contributed by atoms with Gasteiger partial charge in [0.2, 0.25) is 5.91 Å². The van der Waals surface area contributed by atoms with Gasteiger partial charge in [-0.1, -0.05) is 25.0 Å². The fourth-order valence-electron chi connectivity index (χ4n) is 5.21. The summed E-state index contributed by atoms with van der Waals surface area (Å²) in [6.45, 7) is 3.09. The highest BCUT2D eigenvalue weighted by Gasteiger charge is 2.49. The van der Waals surface area contributed by atoms with Crippen LogP contribution in [-0.2, 0) is 15.2 Å². The predicted octanol–water partition coefficient (Wildman–Crippen LogP) is 2.20. The van der Waals surface area contributed by atoms with E-state index in [9.17, 15) is 14.7 Å². The van der Waals surface area contributed by atoms with E-state index in [1.165, 1.54) is 0 Å². The van der Waals surface area contributed by atoms with E-state index in [0.29, 0.717) is 38.3 Å². The molecule has 2 heterocycles. The number of nitrogens with zero attached hydrogens (tertiary/aromatic N) is 2. The molecule has 0 spiro atoms. The monoisotopic (exact) mass is 400 g/mol. The number of likely N-dealkylation sites (tertiary alicyclic amines) is 2. The molecule has 6 nitrogen and oxygen atoms in total. The van der Waals surface area contributed by atoms with Gasteiger partial charge in [-0.05, 0) is 30.5 Å². The number of Topliss-reactive ketones (excluding diaryl/α,β-unsaturated/α-hetero) is 1. The third-order valence-electron chi connectivity index (χ3n) is 7.05. The van der Waals surface area contributed by atoms with Crippen LogP contribution in [0.25, 0.3) is 0 Å². The van der Waals surface area contributed by atoms with Crippen LogP contribution in [0.4, 0.5) is 0 Å². The van der Waals surface area contributed by atoms with E-state index < -0.39 is 5.60 Å². The van der Waals surface area contributed by atoms with Crippen LogP contribution in [0.15, 0.2) is 24.3 Å². The molecule has 0 bridgehead atoms. The largest absolute Gasteiger partial charge is 0.497 e. The van der Waals surface area contributed by atoms with E-state index in [1.807, 2.05) is 29.2 Å². The summed E-state index contributed by atoms with van der Waals surface area (Å²) in [5, 5.41) is 11.8. The zero-order valence-electron chi connectivity index (χ0n) is 17.3. The van der Waals surface area contributed by atoms with Crippen LogP contribution in [-0.4, -0.2) is 66.4 Å². The van der Waals surface area contributed by atoms with Crippen LogP contribution in [0.2, 0.25) is 0 Å². The quantitative estimate of drug-likeness (QED) is 0.821. The summed E-state index contributed by atoms with van der Waals surface area (Å²) in [4.78, 5) is 28.8. The Morgan fingerprint density at radius 1 is 1.17 bits per heavy atom. The first-order valence-electron chi connectivity index (χ1n) is 10.9. The molecule has 2 atom stereocenters. The molecule has 1 amide bonds. The minimum atomic E-state index is -1.08. The number of methoxy groups -OCH3 is 1. The Morgan fingerprint density at radius 2 is 1.83 bits per heavy atom. The SMILES string of the molecule is COc1ccc([C@@]2(O)CN(C(=O)C3CCCC3)C[C@@H]2CN2CCC(=O)CC2)cc1.